The van der Waals surface area contributed by atoms with E-state index in [1.54, 1.807) is 11.3 Å². The summed E-state index contributed by atoms with van der Waals surface area (Å²) in [5.41, 5.74) is 4.61. The van der Waals surface area contributed by atoms with E-state index in [-0.39, 0.29) is 0 Å². The largest absolute Gasteiger partial charge is 0.147 e. The molecule has 0 aliphatic heterocycles. The molecule has 0 unspecified atom stereocenters. The predicted molar refractivity (Wildman–Crippen MR) is 85.5 cm³/mol. The van der Waals surface area contributed by atoms with Crippen LogP contribution in [0.2, 0.25) is 19.6 Å². The van der Waals surface area contributed by atoms with E-state index in [1.807, 2.05) is 0 Å². The van der Waals surface area contributed by atoms with Crippen LogP contribution in [0.15, 0.2) is 11.4 Å². The van der Waals surface area contributed by atoms with Crippen LogP contribution in [0.4, 0.5) is 0 Å². The number of thiophene rings is 1. The van der Waals surface area contributed by atoms with Crippen molar-refractivity contribution in [1.29, 1.82) is 0 Å². The van der Waals surface area contributed by atoms with Gasteiger partial charge in [-0.25, -0.2) is 0 Å². The minimum absolute atomic E-state index is 0.858. The molecule has 0 fully saturated rings. The highest BCUT2D eigenvalue weighted by molar-refractivity contribution is 7.10. The van der Waals surface area contributed by atoms with Crippen LogP contribution < -0.4 is 0 Å². The lowest BCUT2D eigenvalue weighted by Gasteiger charge is -2.03. The van der Waals surface area contributed by atoms with Gasteiger partial charge in [-0.15, -0.1) is 22.8 Å². The van der Waals surface area contributed by atoms with Gasteiger partial charge in [-0.3, -0.25) is 0 Å². The monoisotopic (exact) mass is 274 g/mol. The Hall–Kier alpha value is -0.963. The lowest BCUT2D eigenvalue weighted by molar-refractivity contribution is 0.827. The molecule has 1 aromatic heterocycles. The van der Waals surface area contributed by atoms with Gasteiger partial charge in [0.1, 0.15) is 8.07 Å². The first kappa shape index (κ1) is 15.1. The molecule has 0 aliphatic rings. The fourth-order valence-corrected chi connectivity index (χ4v) is 2.62. The zero-order valence-corrected chi connectivity index (χ0v) is 13.7. The smallest absolute Gasteiger partial charge is 0.129 e. The Morgan fingerprint density at radius 1 is 1.22 bits per heavy atom. The van der Waals surface area contributed by atoms with Crippen LogP contribution in [0.25, 0.3) is 0 Å². The molecule has 96 valence electrons. The van der Waals surface area contributed by atoms with E-state index in [4.69, 9.17) is 0 Å². The highest BCUT2D eigenvalue weighted by atomic mass is 32.1. The molecule has 18 heavy (non-hydrogen) atoms. The molecule has 0 saturated carbocycles. The van der Waals surface area contributed by atoms with Crippen molar-refractivity contribution in [1.82, 2.24) is 0 Å². The van der Waals surface area contributed by atoms with Gasteiger partial charge in [-0.1, -0.05) is 44.8 Å². The minimum Gasteiger partial charge on any atom is -0.147 e. The SMILES string of the molecule is CCCCC#CCc1sccc1C#C[Si](C)(C)C. The van der Waals surface area contributed by atoms with Gasteiger partial charge in [0.05, 0.1) is 0 Å². The van der Waals surface area contributed by atoms with Crippen LogP contribution >= 0.6 is 11.3 Å². The second-order valence-corrected chi connectivity index (χ2v) is 11.1. The Labute approximate surface area is 117 Å². The molecule has 0 spiro atoms. The second kappa shape index (κ2) is 7.47. The van der Waals surface area contributed by atoms with Crippen molar-refractivity contribution in [2.24, 2.45) is 0 Å². The molecule has 0 bridgehead atoms. The summed E-state index contributed by atoms with van der Waals surface area (Å²) in [6.45, 7) is 9.02. The highest BCUT2D eigenvalue weighted by Gasteiger charge is 2.08. The van der Waals surface area contributed by atoms with Crippen LogP contribution in [-0.4, -0.2) is 8.07 Å². The third kappa shape index (κ3) is 6.10. The summed E-state index contributed by atoms with van der Waals surface area (Å²) >= 11 is 1.77. The molecule has 0 aliphatic carbocycles. The van der Waals surface area contributed by atoms with Crippen LogP contribution in [-0.2, 0) is 6.42 Å². The minimum atomic E-state index is -1.28. The summed E-state index contributed by atoms with van der Waals surface area (Å²) in [4.78, 5) is 1.32. The Morgan fingerprint density at radius 3 is 2.67 bits per heavy atom. The van der Waals surface area contributed by atoms with E-state index in [1.165, 1.54) is 23.3 Å². The Balaban J connectivity index is 2.64. The molecular weight excluding hydrogens is 252 g/mol. The lowest BCUT2D eigenvalue weighted by Crippen LogP contribution is -2.16. The predicted octanol–water partition coefficient (Wildman–Crippen LogP) is 4.71. The van der Waals surface area contributed by atoms with Gasteiger partial charge in [0, 0.05) is 23.3 Å². The van der Waals surface area contributed by atoms with Gasteiger partial charge in [0.25, 0.3) is 0 Å². The fraction of sp³-hybridized carbons (Fsp3) is 0.500. The maximum absolute atomic E-state index is 3.42. The topological polar surface area (TPSA) is 0 Å². The first-order valence-electron chi connectivity index (χ1n) is 6.58. The fourth-order valence-electron chi connectivity index (χ4n) is 1.34. The molecule has 0 atom stereocenters. The van der Waals surface area contributed by atoms with Crippen molar-refractivity contribution in [2.75, 3.05) is 0 Å². The zero-order chi connectivity index (χ0) is 13.4. The maximum Gasteiger partial charge on any atom is 0.129 e. The van der Waals surface area contributed by atoms with E-state index < -0.39 is 8.07 Å². The normalized spacial score (nSPS) is 10.2. The van der Waals surface area contributed by atoms with E-state index in [0.29, 0.717) is 0 Å². The average Bonchev–Trinajstić information content (AvgIpc) is 2.73. The van der Waals surface area contributed by atoms with Crippen LogP contribution in [0, 0.1) is 23.3 Å². The van der Waals surface area contributed by atoms with Crippen LogP contribution in [0.1, 0.15) is 36.6 Å². The summed E-state index contributed by atoms with van der Waals surface area (Å²) in [7, 11) is -1.28. The van der Waals surface area contributed by atoms with Crippen molar-refractivity contribution in [3.05, 3.63) is 21.9 Å². The molecule has 0 aromatic carbocycles. The maximum atomic E-state index is 3.42. The Bertz CT molecular complexity index is 483. The number of rotatable bonds is 3. The first-order valence-corrected chi connectivity index (χ1v) is 11.0. The molecule has 0 saturated heterocycles. The lowest BCUT2D eigenvalue weighted by atomic mass is 10.2. The quantitative estimate of drug-likeness (QED) is 0.425. The van der Waals surface area contributed by atoms with Gasteiger partial charge < -0.3 is 0 Å². The van der Waals surface area contributed by atoms with E-state index in [9.17, 15) is 0 Å². The standard InChI is InChI=1S/C16H22SSi/c1-5-6-7-8-9-10-16-15(11-13-17-16)12-14-18(2,3)4/h11,13H,5-7,10H2,1-4H3. The molecule has 0 N–H and O–H groups in total. The molecular formula is C16H22SSi. The van der Waals surface area contributed by atoms with Crippen molar-refractivity contribution in [3.8, 4) is 23.3 Å². The van der Waals surface area contributed by atoms with Crippen LogP contribution in [0.5, 0.6) is 0 Å². The van der Waals surface area contributed by atoms with Gasteiger partial charge >= 0.3 is 0 Å². The molecule has 0 nitrogen and oxygen atoms in total. The van der Waals surface area contributed by atoms with Crippen molar-refractivity contribution >= 4 is 19.4 Å². The molecule has 1 aromatic rings. The molecule has 0 radical (unpaired) electrons. The van der Waals surface area contributed by atoms with E-state index >= 15 is 0 Å². The Kier molecular flexibility index (Phi) is 6.26. The van der Waals surface area contributed by atoms with E-state index in [2.05, 4.69) is 61.3 Å². The first-order chi connectivity index (χ1) is 8.53. The number of hydrogen-bond acceptors (Lipinski definition) is 1. The van der Waals surface area contributed by atoms with Crippen molar-refractivity contribution in [2.45, 2.75) is 52.2 Å². The van der Waals surface area contributed by atoms with Crippen molar-refractivity contribution in [3.63, 3.8) is 0 Å². The number of hydrogen-bond donors (Lipinski definition) is 0. The molecule has 2 heteroatoms. The van der Waals surface area contributed by atoms with Gasteiger partial charge in [0.2, 0.25) is 0 Å². The van der Waals surface area contributed by atoms with Gasteiger partial charge in [0.15, 0.2) is 0 Å². The summed E-state index contributed by atoms with van der Waals surface area (Å²) in [6, 6.07) is 2.13. The van der Waals surface area contributed by atoms with Crippen molar-refractivity contribution < 1.29 is 0 Å². The summed E-state index contributed by atoms with van der Waals surface area (Å²) in [5.74, 6) is 9.85. The van der Waals surface area contributed by atoms with Crippen LogP contribution in [0.3, 0.4) is 0 Å². The molecule has 1 heterocycles. The summed E-state index contributed by atoms with van der Waals surface area (Å²) < 4.78 is 0. The third-order valence-electron chi connectivity index (χ3n) is 2.35. The second-order valence-electron chi connectivity index (χ2n) is 5.39. The van der Waals surface area contributed by atoms with Gasteiger partial charge in [-0.2, -0.15) is 0 Å². The third-order valence-corrected chi connectivity index (χ3v) is 4.14. The van der Waals surface area contributed by atoms with Gasteiger partial charge in [-0.05, 0) is 17.9 Å². The summed E-state index contributed by atoms with van der Waals surface area (Å²) in [5, 5.41) is 2.12. The summed E-state index contributed by atoms with van der Waals surface area (Å²) in [6.07, 6.45) is 4.31. The highest BCUT2D eigenvalue weighted by Crippen LogP contribution is 2.16. The Morgan fingerprint density at radius 2 is 2.00 bits per heavy atom. The molecule has 1 rings (SSSR count). The van der Waals surface area contributed by atoms with E-state index in [0.717, 1.165) is 12.8 Å². The zero-order valence-electron chi connectivity index (χ0n) is 11.9. The average molecular weight is 275 g/mol. The number of unbranched alkanes of at least 4 members (excludes halogenated alkanes) is 2. The molecule has 0 amide bonds.